The topological polar surface area (TPSA) is 53.4 Å². The van der Waals surface area contributed by atoms with E-state index in [1.807, 2.05) is 6.92 Å². The van der Waals surface area contributed by atoms with Crippen molar-refractivity contribution in [3.05, 3.63) is 28.1 Å². The second-order valence-electron chi connectivity index (χ2n) is 7.66. The minimum atomic E-state index is -0.445. The molecule has 0 bridgehead atoms. The SMILES string of the molecule is Cc1c(CO)c(C2CCCC2)nc2c1C(O)CC(C)(C)C2. The van der Waals surface area contributed by atoms with E-state index in [-0.39, 0.29) is 12.0 Å². The second-order valence-corrected chi connectivity index (χ2v) is 7.66. The molecule has 1 aromatic heterocycles. The van der Waals surface area contributed by atoms with Gasteiger partial charge in [0.05, 0.1) is 12.7 Å². The zero-order chi connectivity index (χ0) is 15.2. The third-order valence-electron chi connectivity index (χ3n) is 5.36. The molecule has 0 spiro atoms. The van der Waals surface area contributed by atoms with E-state index in [9.17, 15) is 10.2 Å². The molecule has 116 valence electrons. The molecule has 0 amide bonds. The van der Waals surface area contributed by atoms with Gasteiger partial charge >= 0.3 is 0 Å². The van der Waals surface area contributed by atoms with E-state index in [2.05, 4.69) is 13.8 Å². The third kappa shape index (κ3) is 2.62. The molecule has 3 nitrogen and oxygen atoms in total. The maximum Gasteiger partial charge on any atom is 0.0815 e. The fourth-order valence-electron chi connectivity index (χ4n) is 4.31. The van der Waals surface area contributed by atoms with Crippen molar-refractivity contribution in [1.82, 2.24) is 4.98 Å². The fourth-order valence-corrected chi connectivity index (χ4v) is 4.31. The van der Waals surface area contributed by atoms with Gasteiger partial charge in [0.15, 0.2) is 0 Å². The van der Waals surface area contributed by atoms with Gasteiger partial charge in [-0.15, -0.1) is 0 Å². The van der Waals surface area contributed by atoms with E-state index >= 15 is 0 Å². The highest BCUT2D eigenvalue weighted by molar-refractivity contribution is 5.44. The van der Waals surface area contributed by atoms with Crippen LogP contribution in [0.4, 0.5) is 0 Å². The highest BCUT2D eigenvalue weighted by Gasteiger charge is 2.35. The summed E-state index contributed by atoms with van der Waals surface area (Å²) >= 11 is 0. The Morgan fingerprint density at radius 2 is 1.90 bits per heavy atom. The number of fused-ring (bicyclic) bond motifs is 1. The lowest BCUT2D eigenvalue weighted by Crippen LogP contribution is -2.28. The fraction of sp³-hybridized carbons (Fsp3) is 0.722. The summed E-state index contributed by atoms with van der Waals surface area (Å²) in [6.07, 6.45) is 6.15. The molecule has 1 fully saturated rings. The summed E-state index contributed by atoms with van der Waals surface area (Å²) in [6, 6.07) is 0. The molecule has 0 aromatic carbocycles. The average Bonchev–Trinajstić information content (AvgIpc) is 2.89. The molecule has 2 N–H and O–H groups in total. The van der Waals surface area contributed by atoms with Gasteiger partial charge in [0, 0.05) is 28.4 Å². The predicted octanol–water partition coefficient (Wildman–Crippen LogP) is 3.55. The van der Waals surface area contributed by atoms with Crippen LogP contribution in [0.5, 0.6) is 0 Å². The molecule has 1 atom stereocenters. The van der Waals surface area contributed by atoms with Gasteiger partial charge in [-0.05, 0) is 43.6 Å². The second kappa shape index (κ2) is 5.36. The number of rotatable bonds is 2. The molecule has 3 rings (SSSR count). The van der Waals surface area contributed by atoms with Crippen molar-refractivity contribution in [1.29, 1.82) is 0 Å². The summed E-state index contributed by atoms with van der Waals surface area (Å²) in [7, 11) is 0. The minimum absolute atomic E-state index is 0.0358. The molecule has 1 heterocycles. The molecule has 0 aliphatic heterocycles. The number of aliphatic hydroxyl groups is 2. The smallest absolute Gasteiger partial charge is 0.0815 e. The number of hydrogen-bond acceptors (Lipinski definition) is 3. The Kier molecular flexibility index (Phi) is 3.83. The molecule has 1 saturated carbocycles. The third-order valence-corrected chi connectivity index (χ3v) is 5.36. The van der Waals surface area contributed by atoms with Gasteiger partial charge in [0.25, 0.3) is 0 Å². The Labute approximate surface area is 127 Å². The molecule has 2 aliphatic carbocycles. The van der Waals surface area contributed by atoms with Crippen molar-refractivity contribution in [2.24, 2.45) is 5.41 Å². The van der Waals surface area contributed by atoms with E-state index in [0.29, 0.717) is 5.92 Å². The normalized spacial score (nSPS) is 25.1. The molecule has 0 saturated heterocycles. The lowest BCUT2D eigenvalue weighted by Gasteiger charge is -2.36. The minimum Gasteiger partial charge on any atom is -0.392 e. The molecule has 1 unspecified atom stereocenters. The summed E-state index contributed by atoms with van der Waals surface area (Å²) in [4.78, 5) is 4.95. The van der Waals surface area contributed by atoms with Crippen LogP contribution in [0.15, 0.2) is 0 Å². The molecule has 1 aromatic rings. The van der Waals surface area contributed by atoms with Crippen molar-refractivity contribution >= 4 is 0 Å². The molecule has 21 heavy (non-hydrogen) atoms. The summed E-state index contributed by atoms with van der Waals surface area (Å²) in [5.74, 6) is 0.498. The highest BCUT2D eigenvalue weighted by atomic mass is 16.3. The zero-order valence-electron chi connectivity index (χ0n) is 13.4. The lowest BCUT2D eigenvalue weighted by atomic mass is 9.73. The average molecular weight is 289 g/mol. The van der Waals surface area contributed by atoms with E-state index in [1.54, 1.807) is 0 Å². The van der Waals surface area contributed by atoms with Crippen LogP contribution in [-0.2, 0) is 13.0 Å². The number of hydrogen-bond donors (Lipinski definition) is 2. The first kappa shape index (κ1) is 15.0. The summed E-state index contributed by atoms with van der Waals surface area (Å²) < 4.78 is 0. The van der Waals surface area contributed by atoms with Gasteiger partial charge in [0.1, 0.15) is 0 Å². The Morgan fingerprint density at radius 3 is 2.52 bits per heavy atom. The molecule has 3 heteroatoms. The zero-order valence-corrected chi connectivity index (χ0v) is 13.4. The molecular weight excluding hydrogens is 262 g/mol. The van der Waals surface area contributed by atoms with Gasteiger partial charge < -0.3 is 10.2 Å². The van der Waals surface area contributed by atoms with Gasteiger partial charge in [-0.2, -0.15) is 0 Å². The predicted molar refractivity (Wildman–Crippen MR) is 83.2 cm³/mol. The number of pyridine rings is 1. The van der Waals surface area contributed by atoms with Crippen LogP contribution in [-0.4, -0.2) is 15.2 Å². The Balaban J connectivity index is 2.13. The maximum absolute atomic E-state index is 10.5. The first-order valence-corrected chi connectivity index (χ1v) is 8.24. The van der Waals surface area contributed by atoms with Crippen LogP contribution in [0, 0.1) is 12.3 Å². The number of aromatic nitrogens is 1. The van der Waals surface area contributed by atoms with Crippen LogP contribution < -0.4 is 0 Å². The van der Waals surface area contributed by atoms with E-state index < -0.39 is 6.10 Å². The van der Waals surface area contributed by atoms with Gasteiger partial charge in [0.2, 0.25) is 0 Å². The van der Waals surface area contributed by atoms with Crippen molar-refractivity contribution in [3.8, 4) is 0 Å². The van der Waals surface area contributed by atoms with E-state index in [4.69, 9.17) is 4.98 Å². The van der Waals surface area contributed by atoms with Gasteiger partial charge in [-0.3, -0.25) is 4.98 Å². The van der Waals surface area contributed by atoms with Crippen LogP contribution in [0.1, 0.15) is 86.1 Å². The standard InChI is InChI=1S/C18H27NO2/c1-11-13(10-20)17(12-6-4-5-7-12)19-14-8-18(2,3)9-15(21)16(11)14/h12,15,20-21H,4-10H2,1-3H3. The first-order valence-electron chi connectivity index (χ1n) is 8.24. The van der Waals surface area contributed by atoms with E-state index in [0.717, 1.165) is 40.9 Å². The van der Waals surface area contributed by atoms with Gasteiger partial charge in [-0.25, -0.2) is 0 Å². The molecular formula is C18H27NO2. The molecule has 2 aliphatic rings. The monoisotopic (exact) mass is 289 g/mol. The van der Waals surface area contributed by atoms with E-state index in [1.165, 1.54) is 25.7 Å². The van der Waals surface area contributed by atoms with Crippen molar-refractivity contribution in [3.63, 3.8) is 0 Å². The Morgan fingerprint density at radius 1 is 1.24 bits per heavy atom. The van der Waals surface area contributed by atoms with Crippen LogP contribution in [0.25, 0.3) is 0 Å². The lowest BCUT2D eigenvalue weighted by molar-refractivity contribution is 0.0970. The van der Waals surface area contributed by atoms with Crippen molar-refractivity contribution in [2.45, 2.75) is 77.9 Å². The number of aliphatic hydroxyl groups excluding tert-OH is 2. The highest BCUT2D eigenvalue weighted by Crippen LogP contribution is 2.44. The Bertz CT molecular complexity index is 545. The first-order chi connectivity index (χ1) is 9.93. The number of nitrogens with zero attached hydrogens (tertiary/aromatic N) is 1. The van der Waals surface area contributed by atoms with Crippen LogP contribution in [0.2, 0.25) is 0 Å². The van der Waals surface area contributed by atoms with Gasteiger partial charge in [-0.1, -0.05) is 26.7 Å². The van der Waals surface area contributed by atoms with Crippen LogP contribution >= 0.6 is 0 Å². The largest absolute Gasteiger partial charge is 0.392 e. The molecule has 0 radical (unpaired) electrons. The maximum atomic E-state index is 10.5. The van der Waals surface area contributed by atoms with Crippen LogP contribution in [0.3, 0.4) is 0 Å². The quantitative estimate of drug-likeness (QED) is 0.875. The van der Waals surface area contributed by atoms with Crippen molar-refractivity contribution < 1.29 is 10.2 Å². The summed E-state index contributed by atoms with van der Waals surface area (Å²) in [5.41, 5.74) is 5.30. The summed E-state index contributed by atoms with van der Waals surface area (Å²) in [5, 5.41) is 20.4. The van der Waals surface area contributed by atoms with Crippen molar-refractivity contribution in [2.75, 3.05) is 0 Å². The summed E-state index contributed by atoms with van der Waals surface area (Å²) in [6.45, 7) is 6.48. The Hall–Kier alpha value is -0.930.